The number of aliphatic carboxylic acids is 1. The standard InChI is InChI=1S/C45H66N8O9/c1-8-29-25-45(29,42(56)57)49-40(54)35-23-32(26-52(35)41(55)39(44(5,6)7)48-43(58)62-31-10-9-28(4)21-31)61-36-24-38(53-14-13-37(50-53)46-27(2)3)47-34-22-30(11-12-33(34)36)60-20-17-51-15-18-59-19-16-51/h11-14,22,24,27-29,31-32,35,37,39,46,50H,8-10,15-21,23,25-26H2,1-7H3,(H,48,58)(H,49,54)(H,56,57)/t28-,29+,31?,32?,35-,37?,39+,45+/m0/s1. The van der Waals surface area contributed by atoms with Crippen LogP contribution in [0, 0.1) is 17.3 Å². The van der Waals surface area contributed by atoms with E-state index in [-0.39, 0.29) is 37.2 Å². The average Bonchev–Trinajstić information content (AvgIpc) is 3.53. The van der Waals surface area contributed by atoms with Gasteiger partial charge in [0.05, 0.1) is 31.4 Å². The van der Waals surface area contributed by atoms with E-state index in [4.69, 9.17) is 23.9 Å². The summed E-state index contributed by atoms with van der Waals surface area (Å²) in [5.41, 5.74) is 1.85. The van der Waals surface area contributed by atoms with Crippen molar-refractivity contribution >= 4 is 40.6 Å². The van der Waals surface area contributed by atoms with Crippen molar-refractivity contribution < 1.29 is 43.2 Å². The molecule has 2 aliphatic carbocycles. The average molecular weight is 863 g/mol. The van der Waals surface area contributed by atoms with Gasteiger partial charge >= 0.3 is 12.1 Å². The Bertz CT molecular complexity index is 1990. The highest BCUT2D eigenvalue weighted by Crippen LogP contribution is 2.46. The number of hydrazine groups is 1. The third-order valence-electron chi connectivity index (χ3n) is 12.7. The van der Waals surface area contributed by atoms with Crippen LogP contribution in [0.4, 0.5) is 10.6 Å². The minimum Gasteiger partial charge on any atom is -0.492 e. The maximum absolute atomic E-state index is 14.8. The van der Waals surface area contributed by atoms with Gasteiger partial charge in [-0.25, -0.2) is 20.0 Å². The molecule has 3 aliphatic heterocycles. The Hall–Kier alpha value is -4.71. The lowest BCUT2D eigenvalue weighted by Gasteiger charge is -2.35. The minimum atomic E-state index is -1.40. The topological polar surface area (TPSA) is 196 Å². The van der Waals surface area contributed by atoms with Crippen LogP contribution in [-0.2, 0) is 23.9 Å². The Morgan fingerprint density at radius 3 is 2.52 bits per heavy atom. The lowest BCUT2D eigenvalue weighted by Crippen LogP contribution is -2.59. The van der Waals surface area contributed by atoms with E-state index >= 15 is 0 Å². The summed E-state index contributed by atoms with van der Waals surface area (Å²) in [5, 5.41) is 21.9. The number of alkyl carbamates (subject to hydrolysis) is 1. The van der Waals surface area contributed by atoms with Gasteiger partial charge in [0.15, 0.2) is 5.82 Å². The van der Waals surface area contributed by atoms with Crippen LogP contribution >= 0.6 is 0 Å². The summed E-state index contributed by atoms with van der Waals surface area (Å²) in [6, 6.07) is 5.57. The van der Waals surface area contributed by atoms with Crippen LogP contribution in [0.2, 0.25) is 0 Å². The second-order valence-corrected chi connectivity index (χ2v) is 19.0. The highest BCUT2D eigenvalue weighted by molar-refractivity contribution is 5.96. The molecule has 62 heavy (non-hydrogen) atoms. The smallest absolute Gasteiger partial charge is 0.408 e. The van der Waals surface area contributed by atoms with Gasteiger partial charge in [-0.15, -0.1) is 0 Å². The molecule has 17 heteroatoms. The molecule has 5 N–H and O–H groups in total. The summed E-state index contributed by atoms with van der Waals surface area (Å²) >= 11 is 0. The quantitative estimate of drug-likeness (QED) is 0.162. The van der Waals surface area contributed by atoms with E-state index in [9.17, 15) is 24.3 Å². The Morgan fingerprint density at radius 2 is 1.85 bits per heavy atom. The second kappa shape index (κ2) is 19.0. The molecule has 1 aromatic carbocycles. The summed E-state index contributed by atoms with van der Waals surface area (Å²) in [5.74, 6) is -0.259. The van der Waals surface area contributed by atoms with Gasteiger partial charge in [-0.05, 0) is 75.0 Å². The first-order chi connectivity index (χ1) is 29.5. The fourth-order valence-electron chi connectivity index (χ4n) is 9.12. The van der Waals surface area contributed by atoms with Crippen molar-refractivity contribution in [3.8, 4) is 11.5 Å². The van der Waals surface area contributed by atoms with E-state index in [1.165, 1.54) is 4.90 Å². The molecule has 7 rings (SSSR count). The van der Waals surface area contributed by atoms with Crippen LogP contribution in [0.15, 0.2) is 36.5 Å². The normalized spacial score (nSPS) is 28.0. The van der Waals surface area contributed by atoms with Crippen molar-refractivity contribution in [2.45, 2.75) is 129 Å². The van der Waals surface area contributed by atoms with E-state index in [2.05, 4.69) is 47.0 Å². The number of hydrogen-bond acceptors (Lipinski definition) is 13. The number of likely N-dealkylation sites (tertiary alicyclic amines) is 1. The van der Waals surface area contributed by atoms with Gasteiger partial charge in [0.25, 0.3) is 0 Å². The molecule has 17 nitrogen and oxygen atoms in total. The zero-order chi connectivity index (χ0) is 44.3. The summed E-state index contributed by atoms with van der Waals surface area (Å²) in [7, 11) is 0. The van der Waals surface area contributed by atoms with Gasteiger partial charge in [0, 0.05) is 55.8 Å². The van der Waals surface area contributed by atoms with E-state index in [1.54, 1.807) is 0 Å². The number of ether oxygens (including phenoxy) is 4. The van der Waals surface area contributed by atoms with E-state index < -0.39 is 53.0 Å². The van der Waals surface area contributed by atoms with Crippen molar-refractivity contribution in [1.82, 2.24) is 36.2 Å². The van der Waals surface area contributed by atoms with Gasteiger partial charge < -0.3 is 39.6 Å². The van der Waals surface area contributed by atoms with Gasteiger partial charge in [0.1, 0.15) is 47.9 Å². The fourth-order valence-corrected chi connectivity index (χ4v) is 9.12. The number of rotatable bonds is 16. The molecule has 3 unspecified atom stereocenters. The molecule has 4 heterocycles. The summed E-state index contributed by atoms with van der Waals surface area (Å²) in [4.78, 5) is 63.7. The molecule has 2 saturated heterocycles. The highest BCUT2D eigenvalue weighted by Gasteiger charge is 2.61. The molecule has 2 aromatic rings. The minimum absolute atomic E-state index is 0.00176. The number of nitrogens with one attached hydrogen (secondary N) is 4. The number of pyridine rings is 1. The van der Waals surface area contributed by atoms with Crippen molar-refractivity contribution in [2.75, 3.05) is 51.0 Å². The maximum atomic E-state index is 14.8. The number of carboxylic acid groups (broad SMARTS) is 1. The first-order valence-electron chi connectivity index (χ1n) is 22.4. The van der Waals surface area contributed by atoms with Crippen molar-refractivity contribution in [2.24, 2.45) is 17.3 Å². The lowest BCUT2D eigenvalue weighted by molar-refractivity contribution is -0.146. The van der Waals surface area contributed by atoms with Gasteiger partial charge in [-0.2, -0.15) is 0 Å². The van der Waals surface area contributed by atoms with Crippen molar-refractivity contribution in [1.29, 1.82) is 0 Å². The third-order valence-corrected chi connectivity index (χ3v) is 12.7. The molecule has 0 radical (unpaired) electrons. The predicted octanol–water partition coefficient (Wildman–Crippen LogP) is 4.16. The number of morpholine rings is 1. The van der Waals surface area contributed by atoms with Gasteiger partial charge in [-0.3, -0.25) is 24.8 Å². The molecule has 2 saturated carbocycles. The van der Waals surface area contributed by atoms with Gasteiger partial charge in [0.2, 0.25) is 11.8 Å². The number of aromatic nitrogens is 1. The molecule has 5 aliphatic rings. The lowest BCUT2D eigenvalue weighted by atomic mass is 9.85. The Kier molecular flexibility index (Phi) is 13.9. The van der Waals surface area contributed by atoms with E-state index in [1.807, 2.05) is 69.2 Å². The SMILES string of the molecule is CC[C@@H]1C[C@]1(NC(=O)[C@@H]1CC(Oc2cc(N3C=CC(NC(C)C)N3)nc3cc(OCCN4CCOCC4)ccc23)CN1C(=O)[C@@H](NC(=O)OC1CC[C@H](C)C1)C(C)(C)C)C(=O)O. The Balaban J connectivity index is 1.16. The van der Waals surface area contributed by atoms with E-state index in [0.29, 0.717) is 66.8 Å². The van der Waals surface area contributed by atoms with Crippen LogP contribution in [0.3, 0.4) is 0 Å². The first-order valence-corrected chi connectivity index (χ1v) is 22.4. The van der Waals surface area contributed by atoms with Gasteiger partial charge in [-0.1, -0.05) is 41.0 Å². The molecule has 0 spiro atoms. The van der Waals surface area contributed by atoms with Crippen LogP contribution in [0.1, 0.15) is 87.0 Å². The van der Waals surface area contributed by atoms with Crippen LogP contribution in [0.25, 0.3) is 10.9 Å². The Labute approximate surface area is 364 Å². The Morgan fingerprint density at radius 1 is 1.08 bits per heavy atom. The number of carbonyl (C=O) groups is 4. The van der Waals surface area contributed by atoms with Crippen molar-refractivity contribution in [3.63, 3.8) is 0 Å². The zero-order valence-electron chi connectivity index (χ0n) is 37.3. The van der Waals surface area contributed by atoms with Crippen molar-refractivity contribution in [3.05, 3.63) is 36.5 Å². The number of benzene rings is 1. The molecule has 8 atom stereocenters. The van der Waals surface area contributed by atoms with Crippen LogP contribution in [-0.4, -0.2) is 132 Å². The number of fused-ring (bicyclic) bond motifs is 1. The maximum Gasteiger partial charge on any atom is 0.408 e. The summed E-state index contributed by atoms with van der Waals surface area (Å²) < 4.78 is 24.3. The number of carboxylic acids is 1. The van der Waals surface area contributed by atoms with Crippen LogP contribution in [0.5, 0.6) is 11.5 Å². The largest absolute Gasteiger partial charge is 0.492 e. The third kappa shape index (κ3) is 10.5. The first kappa shape index (κ1) is 45.3. The number of anilines is 1. The molecule has 340 valence electrons. The van der Waals surface area contributed by atoms with Crippen LogP contribution < -0.4 is 35.9 Å². The molecule has 0 bridgehead atoms. The monoisotopic (exact) mass is 862 g/mol. The number of hydrogen-bond donors (Lipinski definition) is 5. The highest BCUT2D eigenvalue weighted by atomic mass is 16.6. The number of nitrogens with zero attached hydrogens (tertiary/aromatic N) is 4. The molecule has 3 amide bonds. The molecule has 1 aromatic heterocycles. The zero-order valence-corrected chi connectivity index (χ0v) is 37.3. The second-order valence-electron chi connectivity index (χ2n) is 19.0. The summed E-state index contributed by atoms with van der Waals surface area (Å²) in [6.07, 6.45) is 5.60. The molecule has 4 fully saturated rings. The number of amides is 3. The summed E-state index contributed by atoms with van der Waals surface area (Å²) in [6.45, 7) is 18.1. The van der Waals surface area contributed by atoms with E-state index in [0.717, 1.165) is 38.9 Å². The predicted molar refractivity (Wildman–Crippen MR) is 232 cm³/mol. The molecular formula is C45H66N8O9. The fraction of sp³-hybridized carbons (Fsp3) is 0.667. The molecular weight excluding hydrogens is 797 g/mol. The number of carbonyl (C=O) groups excluding carboxylic acids is 3.